The van der Waals surface area contributed by atoms with E-state index in [0.29, 0.717) is 11.3 Å². The zero-order valence-electron chi connectivity index (χ0n) is 9.18. The molecule has 2 aliphatic rings. The standard InChI is InChI=1S/C11H21NO/c1-9(2)7-11(5-8(11)6-12)10(3,4)13-9/h8H,5-7,12H2,1-4H3. The number of ether oxygens (including phenoxy) is 1. The molecule has 1 aliphatic carbocycles. The summed E-state index contributed by atoms with van der Waals surface area (Å²) < 4.78 is 6.09. The van der Waals surface area contributed by atoms with Crippen LogP contribution in [0.15, 0.2) is 0 Å². The Bertz CT molecular complexity index is 234. The van der Waals surface area contributed by atoms with Gasteiger partial charge in [0.15, 0.2) is 0 Å². The van der Waals surface area contributed by atoms with Crippen LogP contribution in [0.2, 0.25) is 0 Å². The molecule has 0 amide bonds. The Balaban J connectivity index is 2.23. The van der Waals surface area contributed by atoms with Crippen LogP contribution in [0.1, 0.15) is 40.5 Å². The molecule has 0 aromatic carbocycles. The van der Waals surface area contributed by atoms with Gasteiger partial charge in [0, 0.05) is 5.41 Å². The smallest absolute Gasteiger partial charge is 0.0694 e. The molecule has 1 heterocycles. The normalized spacial score (nSPS) is 45.5. The van der Waals surface area contributed by atoms with Gasteiger partial charge < -0.3 is 10.5 Å². The fourth-order valence-electron chi connectivity index (χ4n) is 3.44. The third-order valence-corrected chi connectivity index (χ3v) is 3.99. The Kier molecular flexibility index (Phi) is 1.67. The highest BCUT2D eigenvalue weighted by Gasteiger charge is 2.69. The summed E-state index contributed by atoms with van der Waals surface area (Å²) in [5, 5.41) is 0. The Morgan fingerprint density at radius 1 is 1.31 bits per heavy atom. The van der Waals surface area contributed by atoms with Gasteiger partial charge in [-0.25, -0.2) is 0 Å². The zero-order valence-corrected chi connectivity index (χ0v) is 9.18. The van der Waals surface area contributed by atoms with Crippen LogP contribution in [0, 0.1) is 11.3 Å². The Hall–Kier alpha value is -0.0800. The maximum atomic E-state index is 6.09. The van der Waals surface area contributed by atoms with Gasteiger partial charge in [-0.05, 0) is 53.0 Å². The quantitative estimate of drug-likeness (QED) is 0.674. The molecular weight excluding hydrogens is 162 g/mol. The number of hydrogen-bond donors (Lipinski definition) is 1. The maximum Gasteiger partial charge on any atom is 0.0694 e. The zero-order chi connectivity index (χ0) is 9.91. The molecule has 1 aliphatic heterocycles. The fourth-order valence-corrected chi connectivity index (χ4v) is 3.44. The first-order valence-electron chi connectivity index (χ1n) is 5.23. The average Bonchev–Trinajstić information content (AvgIpc) is 2.55. The molecule has 1 spiro atoms. The minimum atomic E-state index is 0.0283. The Morgan fingerprint density at radius 2 is 1.92 bits per heavy atom. The van der Waals surface area contributed by atoms with Gasteiger partial charge in [-0.2, -0.15) is 0 Å². The topological polar surface area (TPSA) is 35.2 Å². The van der Waals surface area contributed by atoms with E-state index in [9.17, 15) is 0 Å². The predicted molar refractivity (Wildman–Crippen MR) is 53.5 cm³/mol. The van der Waals surface area contributed by atoms with Gasteiger partial charge >= 0.3 is 0 Å². The minimum Gasteiger partial charge on any atom is -0.369 e. The Labute approximate surface area is 80.8 Å². The highest BCUT2D eigenvalue weighted by molar-refractivity contribution is 5.18. The van der Waals surface area contributed by atoms with Crippen molar-refractivity contribution in [3.8, 4) is 0 Å². The Morgan fingerprint density at radius 3 is 2.23 bits per heavy atom. The SMILES string of the molecule is CC1(C)CC2(CC2CN)C(C)(C)O1. The number of hydrogen-bond acceptors (Lipinski definition) is 2. The van der Waals surface area contributed by atoms with Crippen LogP contribution in [0.4, 0.5) is 0 Å². The van der Waals surface area contributed by atoms with Crippen molar-refractivity contribution in [2.75, 3.05) is 6.54 Å². The van der Waals surface area contributed by atoms with Crippen molar-refractivity contribution in [3.63, 3.8) is 0 Å². The highest BCUT2D eigenvalue weighted by atomic mass is 16.5. The van der Waals surface area contributed by atoms with E-state index in [1.807, 2.05) is 0 Å². The number of rotatable bonds is 1. The van der Waals surface area contributed by atoms with E-state index in [1.54, 1.807) is 0 Å². The predicted octanol–water partition coefficient (Wildman–Crippen LogP) is 1.93. The van der Waals surface area contributed by atoms with Crippen LogP contribution in [-0.4, -0.2) is 17.7 Å². The summed E-state index contributed by atoms with van der Waals surface area (Å²) in [5.41, 5.74) is 6.21. The lowest BCUT2D eigenvalue weighted by Gasteiger charge is -2.28. The molecule has 2 atom stereocenters. The molecule has 13 heavy (non-hydrogen) atoms. The second kappa shape index (κ2) is 2.29. The maximum absolute atomic E-state index is 6.09. The fraction of sp³-hybridized carbons (Fsp3) is 1.00. The minimum absolute atomic E-state index is 0.0283. The van der Waals surface area contributed by atoms with Crippen LogP contribution in [0.25, 0.3) is 0 Å². The average molecular weight is 183 g/mol. The molecule has 76 valence electrons. The van der Waals surface area contributed by atoms with E-state index in [-0.39, 0.29) is 11.2 Å². The number of nitrogens with two attached hydrogens (primary N) is 1. The lowest BCUT2D eigenvalue weighted by molar-refractivity contribution is -0.0797. The first-order valence-corrected chi connectivity index (χ1v) is 5.23. The van der Waals surface area contributed by atoms with E-state index in [0.717, 1.165) is 6.54 Å². The van der Waals surface area contributed by atoms with Gasteiger partial charge in [-0.3, -0.25) is 0 Å². The summed E-state index contributed by atoms with van der Waals surface area (Å²) >= 11 is 0. The van der Waals surface area contributed by atoms with E-state index in [2.05, 4.69) is 27.7 Å². The van der Waals surface area contributed by atoms with Crippen molar-refractivity contribution in [2.24, 2.45) is 17.1 Å². The molecular formula is C11H21NO. The summed E-state index contributed by atoms with van der Waals surface area (Å²) in [5.74, 6) is 0.698. The largest absolute Gasteiger partial charge is 0.369 e. The second-order valence-electron chi connectivity index (χ2n) is 5.84. The third-order valence-electron chi connectivity index (χ3n) is 3.99. The van der Waals surface area contributed by atoms with Crippen molar-refractivity contribution < 1.29 is 4.74 Å². The van der Waals surface area contributed by atoms with E-state index >= 15 is 0 Å². The second-order valence-corrected chi connectivity index (χ2v) is 5.84. The molecule has 0 radical (unpaired) electrons. The van der Waals surface area contributed by atoms with Crippen molar-refractivity contribution in [2.45, 2.75) is 51.7 Å². The van der Waals surface area contributed by atoms with Gasteiger partial charge in [0.2, 0.25) is 0 Å². The van der Waals surface area contributed by atoms with Crippen LogP contribution < -0.4 is 5.73 Å². The summed E-state index contributed by atoms with van der Waals surface area (Å²) in [7, 11) is 0. The van der Waals surface area contributed by atoms with Gasteiger partial charge in [0.05, 0.1) is 11.2 Å². The molecule has 2 unspecified atom stereocenters. The molecule has 1 saturated carbocycles. The van der Waals surface area contributed by atoms with Gasteiger partial charge in [0.25, 0.3) is 0 Å². The molecule has 2 rings (SSSR count). The molecule has 2 nitrogen and oxygen atoms in total. The monoisotopic (exact) mass is 183 g/mol. The molecule has 2 fully saturated rings. The van der Waals surface area contributed by atoms with Crippen LogP contribution >= 0.6 is 0 Å². The first-order chi connectivity index (χ1) is 5.83. The highest BCUT2D eigenvalue weighted by Crippen LogP contribution is 2.69. The van der Waals surface area contributed by atoms with Crippen LogP contribution in [-0.2, 0) is 4.74 Å². The third kappa shape index (κ3) is 1.15. The summed E-state index contributed by atoms with van der Waals surface area (Å²) in [6, 6.07) is 0. The van der Waals surface area contributed by atoms with Gasteiger partial charge in [-0.15, -0.1) is 0 Å². The molecule has 2 heteroatoms. The van der Waals surface area contributed by atoms with Crippen LogP contribution in [0.5, 0.6) is 0 Å². The van der Waals surface area contributed by atoms with Crippen molar-refractivity contribution in [1.29, 1.82) is 0 Å². The van der Waals surface area contributed by atoms with Gasteiger partial charge in [-0.1, -0.05) is 0 Å². The molecule has 0 aromatic heterocycles. The summed E-state index contributed by atoms with van der Waals surface area (Å²) in [6.45, 7) is 9.64. The summed E-state index contributed by atoms with van der Waals surface area (Å²) in [6.07, 6.45) is 2.44. The van der Waals surface area contributed by atoms with Gasteiger partial charge in [0.1, 0.15) is 0 Å². The first kappa shape index (κ1) is 9.47. The molecule has 2 N–H and O–H groups in total. The summed E-state index contributed by atoms with van der Waals surface area (Å²) in [4.78, 5) is 0. The van der Waals surface area contributed by atoms with Crippen molar-refractivity contribution in [1.82, 2.24) is 0 Å². The van der Waals surface area contributed by atoms with Crippen molar-refractivity contribution >= 4 is 0 Å². The molecule has 0 aromatic rings. The van der Waals surface area contributed by atoms with E-state index in [1.165, 1.54) is 12.8 Å². The van der Waals surface area contributed by atoms with E-state index in [4.69, 9.17) is 10.5 Å². The van der Waals surface area contributed by atoms with Crippen molar-refractivity contribution in [3.05, 3.63) is 0 Å². The lowest BCUT2D eigenvalue weighted by Crippen LogP contribution is -2.32. The van der Waals surface area contributed by atoms with Crippen LogP contribution in [0.3, 0.4) is 0 Å². The molecule has 0 bridgehead atoms. The lowest BCUT2D eigenvalue weighted by atomic mass is 9.82. The van der Waals surface area contributed by atoms with E-state index < -0.39 is 0 Å². The molecule has 1 saturated heterocycles.